The first-order valence-corrected chi connectivity index (χ1v) is 15.9. The molecule has 1 saturated carbocycles. The molecule has 2 atom stereocenters. The predicted octanol–water partition coefficient (Wildman–Crippen LogP) is 0.941. The van der Waals surface area contributed by atoms with E-state index in [-0.39, 0.29) is 50.2 Å². The first kappa shape index (κ1) is 35.0. The molecule has 0 spiro atoms. The number of likely N-dealkylation sites (tertiary alicyclic amines) is 1. The molecule has 4 N–H and O–H groups in total. The molecule has 5 amide bonds. The summed E-state index contributed by atoms with van der Waals surface area (Å²) in [5, 5.41) is 28.0. The molecule has 3 aliphatic rings. The van der Waals surface area contributed by atoms with Crippen LogP contribution in [0.4, 0.5) is 13.6 Å². The Morgan fingerprint density at radius 3 is 2.29 bits per heavy atom. The van der Waals surface area contributed by atoms with Gasteiger partial charge in [0.1, 0.15) is 12.1 Å². The fourth-order valence-corrected chi connectivity index (χ4v) is 5.81. The minimum absolute atomic E-state index is 0.0442. The highest BCUT2D eigenvalue weighted by Crippen LogP contribution is 2.33. The van der Waals surface area contributed by atoms with E-state index in [0.717, 1.165) is 29.1 Å². The Morgan fingerprint density at radius 1 is 1.00 bits per heavy atom. The molecule has 2 aliphatic heterocycles. The molecular formula is C31H37F2N7O9. The quantitative estimate of drug-likeness (QED) is 0.248. The third-order valence-electron chi connectivity index (χ3n) is 8.71. The third-order valence-corrected chi connectivity index (χ3v) is 8.71. The molecule has 1 aliphatic carbocycles. The lowest BCUT2D eigenvalue weighted by atomic mass is 9.93. The van der Waals surface area contributed by atoms with Crippen molar-refractivity contribution in [3.63, 3.8) is 0 Å². The molecule has 2 aromatic rings. The molecule has 2 unspecified atom stereocenters. The van der Waals surface area contributed by atoms with Crippen molar-refractivity contribution < 1.29 is 52.5 Å². The van der Waals surface area contributed by atoms with Crippen LogP contribution in [0.5, 0.6) is 5.88 Å². The highest BCUT2D eigenvalue weighted by molar-refractivity contribution is 5.96. The number of hydrogen-bond acceptors (Lipinski definition) is 8. The number of piperazine rings is 1. The second kappa shape index (κ2) is 14.9. The molecule has 0 bridgehead atoms. The molecule has 2 saturated heterocycles. The fraction of sp³-hybridized carbons (Fsp3) is 0.516. The van der Waals surface area contributed by atoms with E-state index in [9.17, 15) is 47.8 Å². The number of carboxylic acid groups (broad SMARTS) is 2. The monoisotopic (exact) mass is 689 g/mol. The SMILES string of the molecule is O=C(O)CCC(NC(=O)c1cc(OCC(=O)N2CC(F)(F)CC2C(=O)NC2CCC2)n(-c2ccccc2)n1)C(=O)N1CCN(C(=O)O)CC1. The van der Waals surface area contributed by atoms with Crippen molar-refractivity contribution in [2.75, 3.05) is 39.3 Å². The van der Waals surface area contributed by atoms with Crippen LogP contribution >= 0.6 is 0 Å². The van der Waals surface area contributed by atoms with Gasteiger partial charge in [-0.1, -0.05) is 18.2 Å². The lowest BCUT2D eigenvalue weighted by Crippen LogP contribution is -2.55. The van der Waals surface area contributed by atoms with Gasteiger partial charge in [-0.15, -0.1) is 0 Å². The zero-order valence-electron chi connectivity index (χ0n) is 26.4. The van der Waals surface area contributed by atoms with Gasteiger partial charge in [0.05, 0.1) is 12.2 Å². The van der Waals surface area contributed by atoms with Crippen LogP contribution in [0.2, 0.25) is 0 Å². The van der Waals surface area contributed by atoms with E-state index in [0.29, 0.717) is 5.69 Å². The summed E-state index contributed by atoms with van der Waals surface area (Å²) < 4.78 is 35.7. The Labute approximate surface area is 278 Å². The Hall–Kier alpha value is -5.29. The average Bonchev–Trinajstić information content (AvgIpc) is 3.64. The minimum Gasteiger partial charge on any atom is -0.481 e. The standard InChI is InChI=1S/C31H37F2N7O9/c32-31(33)16-23(28(45)34-19-5-4-6-19)39(18-31)24(41)17-49-25-15-22(36-40(25)20-7-2-1-3-8-20)27(44)35-21(9-10-26(42)43)29(46)37-11-13-38(14-12-37)30(47)48/h1-3,7-8,15,19,21,23H,4-6,9-14,16-18H2,(H,34,45)(H,35,44)(H,42,43)(H,47,48). The van der Waals surface area contributed by atoms with Gasteiger partial charge in [-0.2, -0.15) is 5.10 Å². The molecule has 0 radical (unpaired) electrons. The maximum Gasteiger partial charge on any atom is 0.407 e. The molecule has 3 heterocycles. The van der Waals surface area contributed by atoms with Gasteiger partial charge in [-0.05, 0) is 37.8 Å². The molecule has 18 heteroatoms. The maximum absolute atomic E-state index is 14.4. The highest BCUT2D eigenvalue weighted by Gasteiger charge is 2.50. The average molecular weight is 690 g/mol. The number of aromatic nitrogens is 2. The second-order valence-corrected chi connectivity index (χ2v) is 12.2. The fourth-order valence-electron chi connectivity index (χ4n) is 5.81. The largest absolute Gasteiger partial charge is 0.481 e. The molecular weight excluding hydrogens is 652 g/mol. The number of nitrogens with zero attached hydrogens (tertiary/aromatic N) is 5. The van der Waals surface area contributed by atoms with Gasteiger partial charge in [0.15, 0.2) is 12.3 Å². The number of hydrogen-bond donors (Lipinski definition) is 4. The van der Waals surface area contributed by atoms with Crippen molar-refractivity contribution in [1.82, 2.24) is 35.1 Å². The van der Waals surface area contributed by atoms with Gasteiger partial charge >= 0.3 is 12.1 Å². The van der Waals surface area contributed by atoms with Crippen molar-refractivity contribution in [2.24, 2.45) is 0 Å². The third kappa shape index (κ3) is 8.60. The number of carboxylic acids is 1. The number of rotatable bonds is 12. The first-order valence-electron chi connectivity index (χ1n) is 15.9. The van der Waals surface area contributed by atoms with E-state index in [1.54, 1.807) is 30.3 Å². The summed E-state index contributed by atoms with van der Waals surface area (Å²) in [5.41, 5.74) is 0.143. The number of ether oxygens (including phenoxy) is 1. The van der Waals surface area contributed by atoms with Crippen LogP contribution in [0.15, 0.2) is 36.4 Å². The smallest absolute Gasteiger partial charge is 0.407 e. The number of benzene rings is 1. The van der Waals surface area contributed by atoms with Crippen molar-refractivity contribution in [1.29, 1.82) is 0 Å². The van der Waals surface area contributed by atoms with E-state index in [2.05, 4.69) is 15.7 Å². The van der Waals surface area contributed by atoms with Crippen LogP contribution in [0.1, 0.15) is 49.0 Å². The predicted molar refractivity (Wildman–Crippen MR) is 164 cm³/mol. The van der Waals surface area contributed by atoms with E-state index in [1.807, 2.05) is 0 Å². The number of nitrogens with one attached hydrogen (secondary N) is 2. The number of carbonyl (C=O) groups excluding carboxylic acids is 4. The minimum atomic E-state index is -3.27. The van der Waals surface area contributed by atoms with Gasteiger partial charge in [0, 0.05) is 51.1 Å². The molecule has 1 aromatic carbocycles. The van der Waals surface area contributed by atoms with Crippen molar-refractivity contribution in [2.45, 2.75) is 62.6 Å². The van der Waals surface area contributed by atoms with E-state index < -0.39 is 79.7 Å². The number of alkyl halides is 2. The lowest BCUT2D eigenvalue weighted by Gasteiger charge is -2.35. The van der Waals surface area contributed by atoms with E-state index in [1.165, 1.54) is 15.6 Å². The van der Waals surface area contributed by atoms with Crippen molar-refractivity contribution in [3.05, 3.63) is 42.1 Å². The summed E-state index contributed by atoms with van der Waals surface area (Å²) in [6.45, 7) is -1.53. The number of para-hydroxylation sites is 1. The van der Waals surface area contributed by atoms with E-state index >= 15 is 0 Å². The van der Waals surface area contributed by atoms with Crippen molar-refractivity contribution in [3.8, 4) is 11.6 Å². The van der Waals surface area contributed by atoms with E-state index in [4.69, 9.17) is 4.74 Å². The Balaban J connectivity index is 1.31. The van der Waals surface area contributed by atoms with Crippen LogP contribution < -0.4 is 15.4 Å². The number of halogens is 2. The Kier molecular flexibility index (Phi) is 10.6. The molecule has 1 aromatic heterocycles. The van der Waals surface area contributed by atoms with Crippen LogP contribution in [0.3, 0.4) is 0 Å². The Morgan fingerprint density at radius 2 is 1.67 bits per heavy atom. The molecule has 16 nitrogen and oxygen atoms in total. The van der Waals surface area contributed by atoms with Gasteiger partial charge in [-0.3, -0.25) is 24.0 Å². The zero-order chi connectivity index (χ0) is 35.3. The van der Waals surface area contributed by atoms with Gasteiger partial charge in [-0.25, -0.2) is 18.3 Å². The van der Waals surface area contributed by atoms with Crippen LogP contribution in [-0.2, 0) is 19.2 Å². The highest BCUT2D eigenvalue weighted by atomic mass is 19.3. The molecule has 3 fully saturated rings. The topological polar surface area (TPSA) is 204 Å². The first-order chi connectivity index (χ1) is 23.3. The number of carbonyl (C=O) groups is 6. The molecule has 5 rings (SSSR count). The van der Waals surface area contributed by atoms with Crippen LogP contribution in [0, 0.1) is 0 Å². The van der Waals surface area contributed by atoms with Gasteiger partial charge in [0.25, 0.3) is 17.7 Å². The normalized spacial score (nSPS) is 19.5. The second-order valence-electron chi connectivity index (χ2n) is 12.2. The summed E-state index contributed by atoms with van der Waals surface area (Å²) in [6, 6.07) is 6.74. The Bertz CT molecular complexity index is 1580. The van der Waals surface area contributed by atoms with Crippen molar-refractivity contribution >= 4 is 35.7 Å². The summed E-state index contributed by atoms with van der Waals surface area (Å²) in [7, 11) is 0. The van der Waals surface area contributed by atoms with Crippen LogP contribution in [0.25, 0.3) is 5.69 Å². The summed E-state index contributed by atoms with van der Waals surface area (Å²) in [6.07, 6.45) is -0.262. The maximum atomic E-state index is 14.4. The zero-order valence-corrected chi connectivity index (χ0v) is 26.4. The summed E-state index contributed by atoms with van der Waals surface area (Å²) in [4.78, 5) is 78.6. The number of amides is 5. The summed E-state index contributed by atoms with van der Waals surface area (Å²) >= 11 is 0. The summed E-state index contributed by atoms with van der Waals surface area (Å²) in [5.74, 6) is -7.58. The van der Waals surface area contributed by atoms with Crippen LogP contribution in [-0.4, -0.2) is 134 Å². The molecule has 49 heavy (non-hydrogen) atoms. The van der Waals surface area contributed by atoms with Gasteiger partial charge in [0.2, 0.25) is 17.7 Å². The van der Waals surface area contributed by atoms with Gasteiger partial charge < -0.3 is 40.3 Å². The molecule has 264 valence electrons. The lowest BCUT2D eigenvalue weighted by molar-refractivity contribution is -0.140. The number of aliphatic carboxylic acids is 1.